The molecule has 0 bridgehead atoms. The number of carbonyl (C=O) groups excluding carboxylic acids is 2. The van der Waals surface area contributed by atoms with Crippen LogP contribution in [0, 0.1) is 6.92 Å². The fourth-order valence-electron chi connectivity index (χ4n) is 2.88. The van der Waals surface area contributed by atoms with Gasteiger partial charge in [-0.2, -0.15) is 0 Å². The number of ether oxygens (including phenoxy) is 1. The second-order valence-corrected chi connectivity index (χ2v) is 8.66. The van der Waals surface area contributed by atoms with Gasteiger partial charge in [-0.1, -0.05) is 48.6 Å². The van der Waals surface area contributed by atoms with Gasteiger partial charge in [0, 0.05) is 5.56 Å². The zero-order chi connectivity index (χ0) is 21.1. The highest BCUT2D eigenvalue weighted by atomic mass is 32.1. The number of nitrogens with one attached hydrogen (secondary N) is 1. The van der Waals surface area contributed by atoms with Gasteiger partial charge in [0.1, 0.15) is 10.0 Å². The van der Waals surface area contributed by atoms with E-state index in [9.17, 15) is 9.59 Å². The molecule has 1 unspecified atom stereocenters. The van der Waals surface area contributed by atoms with E-state index in [1.165, 1.54) is 22.7 Å². The van der Waals surface area contributed by atoms with Gasteiger partial charge in [0.25, 0.3) is 5.91 Å². The zero-order valence-corrected chi connectivity index (χ0v) is 17.9. The van der Waals surface area contributed by atoms with Crippen molar-refractivity contribution >= 4 is 49.9 Å². The molecule has 2 heterocycles. The number of esters is 1. The lowest BCUT2D eigenvalue weighted by atomic mass is 10.1. The van der Waals surface area contributed by atoms with Crippen LogP contribution in [0.4, 0.5) is 5.13 Å². The Hall–Kier alpha value is -3.17. The molecule has 0 spiro atoms. The van der Waals surface area contributed by atoms with Crippen molar-refractivity contribution in [2.75, 3.05) is 5.32 Å². The number of aryl methyl sites for hydroxylation is 1. The molecule has 2 aromatic heterocycles. The van der Waals surface area contributed by atoms with Crippen molar-refractivity contribution in [3.8, 4) is 10.6 Å². The minimum atomic E-state index is -0.940. The first-order chi connectivity index (χ1) is 14.5. The van der Waals surface area contributed by atoms with Crippen molar-refractivity contribution in [3.63, 3.8) is 0 Å². The molecule has 4 rings (SSSR count). The van der Waals surface area contributed by atoms with Crippen LogP contribution >= 0.6 is 22.7 Å². The van der Waals surface area contributed by atoms with E-state index in [-0.39, 0.29) is 0 Å². The van der Waals surface area contributed by atoms with Gasteiger partial charge in [-0.05, 0) is 31.5 Å². The molecule has 0 saturated carbocycles. The quantitative estimate of drug-likeness (QED) is 0.439. The summed E-state index contributed by atoms with van der Waals surface area (Å²) < 4.78 is 6.58. The van der Waals surface area contributed by atoms with E-state index in [0.29, 0.717) is 22.7 Å². The first kappa shape index (κ1) is 20.1. The van der Waals surface area contributed by atoms with Crippen LogP contribution < -0.4 is 5.32 Å². The molecule has 0 saturated heterocycles. The molecule has 0 aliphatic carbocycles. The molecule has 9 heteroatoms. The first-order valence-electron chi connectivity index (χ1n) is 9.32. The fourth-order valence-corrected chi connectivity index (χ4v) is 4.48. The molecular formula is C21H18N4O3S2. The number of anilines is 1. The van der Waals surface area contributed by atoms with E-state index in [2.05, 4.69) is 20.5 Å². The fraction of sp³-hybridized carbons (Fsp3) is 0.190. The van der Waals surface area contributed by atoms with Crippen molar-refractivity contribution in [3.05, 3.63) is 59.1 Å². The Kier molecular flexibility index (Phi) is 5.82. The van der Waals surface area contributed by atoms with E-state index in [1.54, 1.807) is 26.0 Å². The maximum atomic E-state index is 12.9. The second kappa shape index (κ2) is 8.68. The topological polar surface area (TPSA) is 94.1 Å². The van der Waals surface area contributed by atoms with Crippen molar-refractivity contribution in [1.82, 2.24) is 15.2 Å². The monoisotopic (exact) mass is 438 g/mol. The van der Waals surface area contributed by atoms with E-state index in [1.807, 2.05) is 36.4 Å². The Bertz CT molecular complexity index is 1180. The Morgan fingerprint density at radius 1 is 1.07 bits per heavy atom. The number of rotatable bonds is 6. The average Bonchev–Trinajstić information content (AvgIpc) is 3.37. The van der Waals surface area contributed by atoms with Crippen LogP contribution in [-0.4, -0.2) is 33.2 Å². The number of nitrogens with zero attached hydrogens (tertiary/aromatic N) is 3. The molecule has 7 nitrogen and oxygen atoms in total. The van der Waals surface area contributed by atoms with Gasteiger partial charge in [-0.15, -0.1) is 21.5 Å². The predicted molar refractivity (Wildman–Crippen MR) is 118 cm³/mol. The summed E-state index contributed by atoms with van der Waals surface area (Å²) in [5.41, 5.74) is 1.92. The average molecular weight is 439 g/mol. The van der Waals surface area contributed by atoms with Gasteiger partial charge in [0.2, 0.25) is 5.13 Å². The maximum Gasteiger partial charge on any atom is 0.339 e. The second-order valence-electron chi connectivity index (χ2n) is 6.45. The molecule has 0 aliphatic heterocycles. The largest absolute Gasteiger partial charge is 0.449 e. The SMILES string of the molecule is CCC(OC(=O)c1ccccc1-c1nc2ccccc2s1)C(=O)Nc1nnc(C)s1. The summed E-state index contributed by atoms with van der Waals surface area (Å²) in [5.74, 6) is -1.00. The number of para-hydroxylation sites is 1. The molecule has 2 aromatic carbocycles. The highest BCUT2D eigenvalue weighted by Crippen LogP contribution is 2.32. The Balaban J connectivity index is 1.56. The highest BCUT2D eigenvalue weighted by molar-refractivity contribution is 7.21. The van der Waals surface area contributed by atoms with Crippen LogP contribution in [0.15, 0.2) is 48.5 Å². The number of hydrogen-bond acceptors (Lipinski definition) is 8. The van der Waals surface area contributed by atoms with Crippen molar-refractivity contribution in [2.45, 2.75) is 26.4 Å². The van der Waals surface area contributed by atoms with Crippen molar-refractivity contribution in [1.29, 1.82) is 0 Å². The minimum Gasteiger partial charge on any atom is -0.449 e. The first-order valence-corrected chi connectivity index (χ1v) is 11.0. The van der Waals surface area contributed by atoms with Gasteiger partial charge < -0.3 is 4.74 Å². The molecule has 1 N–H and O–H groups in total. The van der Waals surface area contributed by atoms with E-state index in [4.69, 9.17) is 4.74 Å². The lowest BCUT2D eigenvalue weighted by molar-refractivity contribution is -0.124. The van der Waals surface area contributed by atoms with Crippen molar-refractivity contribution in [2.24, 2.45) is 0 Å². The van der Waals surface area contributed by atoms with Crippen LogP contribution in [0.25, 0.3) is 20.8 Å². The normalized spacial score (nSPS) is 11.9. The standard InChI is InChI=1S/C21H18N4O3S2/c1-3-16(18(26)23-21-25-24-12(2)29-21)28-20(27)14-9-5-4-8-13(14)19-22-15-10-6-7-11-17(15)30-19/h4-11,16H,3H2,1-2H3,(H,23,25,26). The summed E-state index contributed by atoms with van der Waals surface area (Å²) in [7, 11) is 0. The van der Waals surface area contributed by atoms with Crippen LogP contribution in [0.3, 0.4) is 0 Å². The molecule has 0 fully saturated rings. The summed E-state index contributed by atoms with van der Waals surface area (Å²) in [6.45, 7) is 3.58. The Morgan fingerprint density at radius 2 is 1.83 bits per heavy atom. The number of thiazole rings is 1. The van der Waals surface area contributed by atoms with E-state index >= 15 is 0 Å². The number of carbonyl (C=O) groups is 2. The summed E-state index contributed by atoms with van der Waals surface area (Å²) in [5, 5.41) is 12.2. The van der Waals surface area contributed by atoms with Gasteiger partial charge in [-0.3, -0.25) is 10.1 Å². The lowest BCUT2D eigenvalue weighted by Crippen LogP contribution is -2.32. The number of amides is 1. The molecule has 1 atom stereocenters. The molecule has 30 heavy (non-hydrogen) atoms. The smallest absolute Gasteiger partial charge is 0.339 e. The highest BCUT2D eigenvalue weighted by Gasteiger charge is 2.25. The van der Waals surface area contributed by atoms with Crippen LogP contribution in [0.1, 0.15) is 28.7 Å². The van der Waals surface area contributed by atoms with Crippen LogP contribution in [0.2, 0.25) is 0 Å². The van der Waals surface area contributed by atoms with Gasteiger partial charge >= 0.3 is 5.97 Å². The molecule has 1 amide bonds. The summed E-state index contributed by atoms with van der Waals surface area (Å²) in [6, 6.07) is 14.9. The van der Waals surface area contributed by atoms with Crippen LogP contribution in [0.5, 0.6) is 0 Å². The maximum absolute atomic E-state index is 12.9. The minimum absolute atomic E-state index is 0.332. The molecule has 0 radical (unpaired) electrons. The van der Waals surface area contributed by atoms with E-state index in [0.717, 1.165) is 20.2 Å². The predicted octanol–water partition coefficient (Wildman–Crippen LogP) is 4.70. The number of aromatic nitrogens is 3. The van der Waals surface area contributed by atoms with Gasteiger partial charge in [0.15, 0.2) is 6.10 Å². The summed E-state index contributed by atoms with van der Waals surface area (Å²) >= 11 is 2.76. The Morgan fingerprint density at radius 3 is 2.57 bits per heavy atom. The summed E-state index contributed by atoms with van der Waals surface area (Å²) in [4.78, 5) is 30.1. The third kappa shape index (κ3) is 4.22. The molecule has 4 aromatic rings. The third-order valence-electron chi connectivity index (χ3n) is 4.34. The summed E-state index contributed by atoms with van der Waals surface area (Å²) in [6.07, 6.45) is -0.608. The van der Waals surface area contributed by atoms with Gasteiger partial charge in [-0.25, -0.2) is 9.78 Å². The number of hydrogen-bond donors (Lipinski definition) is 1. The molecule has 152 valence electrons. The zero-order valence-electron chi connectivity index (χ0n) is 16.3. The van der Waals surface area contributed by atoms with E-state index < -0.39 is 18.0 Å². The van der Waals surface area contributed by atoms with Crippen LogP contribution in [-0.2, 0) is 9.53 Å². The lowest BCUT2D eigenvalue weighted by Gasteiger charge is -2.16. The van der Waals surface area contributed by atoms with Crippen molar-refractivity contribution < 1.29 is 14.3 Å². The molecule has 0 aliphatic rings. The molecular weight excluding hydrogens is 420 g/mol. The Labute approximate surface area is 180 Å². The number of benzene rings is 2. The van der Waals surface area contributed by atoms with Gasteiger partial charge in [0.05, 0.1) is 15.8 Å². The number of fused-ring (bicyclic) bond motifs is 1. The third-order valence-corrected chi connectivity index (χ3v) is 6.16.